The first-order valence-corrected chi connectivity index (χ1v) is 11.3. The summed E-state index contributed by atoms with van der Waals surface area (Å²) in [7, 11) is 1.63. The maximum Gasteiger partial charge on any atom is 0.339 e. The van der Waals surface area contributed by atoms with Crippen LogP contribution in [0.5, 0.6) is 5.75 Å². The number of esters is 1. The first-order valence-electron chi connectivity index (χ1n) is 9.39. The van der Waals surface area contributed by atoms with Crippen LogP contribution in [0.4, 0.5) is 0 Å². The van der Waals surface area contributed by atoms with E-state index in [-0.39, 0.29) is 6.61 Å². The van der Waals surface area contributed by atoms with Crippen LogP contribution in [0, 0.1) is 6.92 Å². The molecule has 4 rings (SSSR count). The van der Waals surface area contributed by atoms with E-state index in [1.165, 1.54) is 23.1 Å². The summed E-state index contributed by atoms with van der Waals surface area (Å²) in [5.74, 6) is 1.94. The Morgan fingerprint density at radius 1 is 1.16 bits per heavy atom. The Labute approximate surface area is 187 Å². The molecule has 0 N–H and O–H groups in total. The van der Waals surface area contributed by atoms with Gasteiger partial charge in [0, 0.05) is 15.8 Å². The largest absolute Gasteiger partial charge is 0.497 e. The standard InChI is InChI=1S/C22H19N3O4S2/c1-14-23-20(29-25-14)13-30-19-9-4-3-8-18(19)22(26)28-11-16-12-31-21(24-16)15-6-5-7-17(10-15)27-2/h3-10,12H,11,13H2,1-2H3. The Bertz CT molecular complexity index is 1190. The molecular formula is C22H19N3O4S2. The first-order chi connectivity index (χ1) is 15.1. The minimum atomic E-state index is -0.402. The van der Waals surface area contributed by atoms with E-state index in [1.54, 1.807) is 26.2 Å². The fourth-order valence-corrected chi connectivity index (χ4v) is 4.46. The molecule has 0 saturated carbocycles. The number of aryl methyl sites for hydroxylation is 1. The second kappa shape index (κ2) is 9.76. The number of ether oxygens (including phenoxy) is 2. The summed E-state index contributed by atoms with van der Waals surface area (Å²) >= 11 is 2.94. The van der Waals surface area contributed by atoms with Gasteiger partial charge in [-0.3, -0.25) is 0 Å². The zero-order chi connectivity index (χ0) is 21.6. The molecule has 0 atom stereocenters. The number of methoxy groups -OCH3 is 1. The molecule has 0 fully saturated rings. The number of nitrogens with zero attached hydrogens (tertiary/aromatic N) is 3. The number of hydrogen-bond acceptors (Lipinski definition) is 9. The number of carbonyl (C=O) groups excluding carboxylic acids is 1. The van der Waals surface area contributed by atoms with Crippen LogP contribution in [0.3, 0.4) is 0 Å². The van der Waals surface area contributed by atoms with Crippen LogP contribution in [-0.2, 0) is 17.1 Å². The van der Waals surface area contributed by atoms with E-state index in [0.717, 1.165) is 21.2 Å². The molecular weight excluding hydrogens is 434 g/mol. The maximum absolute atomic E-state index is 12.7. The van der Waals surface area contributed by atoms with Crippen molar-refractivity contribution >= 4 is 29.1 Å². The van der Waals surface area contributed by atoms with E-state index in [1.807, 2.05) is 41.8 Å². The molecule has 0 unspecified atom stereocenters. The highest BCUT2D eigenvalue weighted by Gasteiger charge is 2.15. The van der Waals surface area contributed by atoms with Crippen molar-refractivity contribution in [3.8, 4) is 16.3 Å². The van der Waals surface area contributed by atoms with Gasteiger partial charge in [0.15, 0.2) is 5.82 Å². The highest BCUT2D eigenvalue weighted by Crippen LogP contribution is 2.28. The lowest BCUT2D eigenvalue weighted by Gasteiger charge is -2.08. The Morgan fingerprint density at radius 3 is 2.84 bits per heavy atom. The topological polar surface area (TPSA) is 87.3 Å². The van der Waals surface area contributed by atoms with Gasteiger partial charge in [0.2, 0.25) is 5.89 Å². The SMILES string of the molecule is COc1cccc(-c2nc(COC(=O)c3ccccc3SCc3nc(C)no3)cs2)c1. The van der Waals surface area contributed by atoms with Crippen molar-refractivity contribution in [3.05, 3.63) is 76.9 Å². The van der Waals surface area contributed by atoms with Crippen molar-refractivity contribution in [2.75, 3.05) is 7.11 Å². The molecule has 0 aliphatic rings. The van der Waals surface area contributed by atoms with Gasteiger partial charge in [-0.25, -0.2) is 9.78 Å². The van der Waals surface area contributed by atoms with Gasteiger partial charge in [0.25, 0.3) is 0 Å². The molecule has 7 nitrogen and oxygen atoms in total. The van der Waals surface area contributed by atoms with E-state index < -0.39 is 5.97 Å². The van der Waals surface area contributed by atoms with Gasteiger partial charge in [-0.15, -0.1) is 23.1 Å². The van der Waals surface area contributed by atoms with Gasteiger partial charge < -0.3 is 14.0 Å². The normalized spacial score (nSPS) is 10.8. The van der Waals surface area contributed by atoms with Crippen LogP contribution >= 0.6 is 23.1 Å². The lowest BCUT2D eigenvalue weighted by molar-refractivity contribution is 0.0464. The van der Waals surface area contributed by atoms with E-state index >= 15 is 0 Å². The summed E-state index contributed by atoms with van der Waals surface area (Å²) in [5, 5.41) is 6.51. The minimum Gasteiger partial charge on any atom is -0.497 e. The number of thioether (sulfide) groups is 1. The van der Waals surface area contributed by atoms with Gasteiger partial charge in [-0.1, -0.05) is 29.4 Å². The molecule has 0 amide bonds. The molecule has 0 aliphatic carbocycles. The van der Waals surface area contributed by atoms with E-state index in [4.69, 9.17) is 14.0 Å². The number of hydrogen-bond donors (Lipinski definition) is 0. The minimum absolute atomic E-state index is 0.0984. The van der Waals surface area contributed by atoms with Crippen molar-refractivity contribution in [2.24, 2.45) is 0 Å². The van der Waals surface area contributed by atoms with Crippen molar-refractivity contribution in [2.45, 2.75) is 24.2 Å². The Kier molecular flexibility index (Phi) is 6.63. The predicted octanol–water partition coefficient (Wildman–Crippen LogP) is 5.16. The molecule has 2 aromatic carbocycles. The zero-order valence-electron chi connectivity index (χ0n) is 16.9. The van der Waals surface area contributed by atoms with Gasteiger partial charge in [0.1, 0.15) is 17.4 Å². The van der Waals surface area contributed by atoms with Crippen LogP contribution in [0.1, 0.15) is 27.8 Å². The van der Waals surface area contributed by atoms with Crippen LogP contribution in [-0.4, -0.2) is 28.2 Å². The summed E-state index contributed by atoms with van der Waals surface area (Å²) in [6.45, 7) is 1.86. The van der Waals surface area contributed by atoms with Gasteiger partial charge >= 0.3 is 5.97 Å². The smallest absolute Gasteiger partial charge is 0.339 e. The second-order valence-corrected chi connectivity index (χ2v) is 8.35. The molecule has 0 saturated heterocycles. The van der Waals surface area contributed by atoms with Crippen LogP contribution in [0.25, 0.3) is 10.6 Å². The molecule has 0 spiro atoms. The summed E-state index contributed by atoms with van der Waals surface area (Å²) in [6.07, 6.45) is 0. The molecule has 2 aromatic heterocycles. The molecule has 0 radical (unpaired) electrons. The summed E-state index contributed by atoms with van der Waals surface area (Å²) in [4.78, 5) is 22.2. The number of thiazole rings is 1. The molecule has 158 valence electrons. The molecule has 2 heterocycles. The lowest BCUT2D eigenvalue weighted by atomic mass is 10.2. The number of carbonyl (C=O) groups is 1. The second-order valence-electron chi connectivity index (χ2n) is 6.47. The van der Waals surface area contributed by atoms with Crippen molar-refractivity contribution < 1.29 is 18.8 Å². The Hall–Kier alpha value is -3.17. The van der Waals surface area contributed by atoms with E-state index in [9.17, 15) is 4.79 Å². The fourth-order valence-electron chi connectivity index (χ4n) is 2.78. The lowest BCUT2D eigenvalue weighted by Crippen LogP contribution is -2.07. The average molecular weight is 454 g/mol. The third kappa shape index (κ3) is 5.31. The molecule has 0 aliphatic heterocycles. The maximum atomic E-state index is 12.7. The third-order valence-corrected chi connectivity index (χ3v) is 6.25. The fraction of sp³-hybridized carbons (Fsp3) is 0.182. The number of benzene rings is 2. The molecule has 9 heteroatoms. The first kappa shape index (κ1) is 21.1. The van der Waals surface area contributed by atoms with Crippen LogP contribution < -0.4 is 4.74 Å². The van der Waals surface area contributed by atoms with Crippen molar-refractivity contribution in [1.82, 2.24) is 15.1 Å². The number of aromatic nitrogens is 3. The van der Waals surface area contributed by atoms with Crippen molar-refractivity contribution in [1.29, 1.82) is 0 Å². The molecule has 31 heavy (non-hydrogen) atoms. The monoisotopic (exact) mass is 453 g/mol. The summed E-state index contributed by atoms with van der Waals surface area (Å²) < 4.78 is 15.9. The van der Waals surface area contributed by atoms with E-state index in [0.29, 0.717) is 28.7 Å². The average Bonchev–Trinajstić information content (AvgIpc) is 3.45. The Morgan fingerprint density at radius 2 is 2.03 bits per heavy atom. The highest BCUT2D eigenvalue weighted by atomic mass is 32.2. The van der Waals surface area contributed by atoms with Crippen molar-refractivity contribution in [3.63, 3.8) is 0 Å². The number of rotatable bonds is 8. The van der Waals surface area contributed by atoms with Crippen LogP contribution in [0.2, 0.25) is 0 Å². The third-order valence-electron chi connectivity index (χ3n) is 4.25. The molecule has 0 bridgehead atoms. The van der Waals surface area contributed by atoms with Gasteiger partial charge in [0.05, 0.1) is 24.1 Å². The zero-order valence-corrected chi connectivity index (χ0v) is 18.5. The van der Waals surface area contributed by atoms with Gasteiger partial charge in [-0.2, -0.15) is 4.98 Å². The van der Waals surface area contributed by atoms with E-state index in [2.05, 4.69) is 15.1 Å². The van der Waals surface area contributed by atoms with Crippen LogP contribution in [0.15, 0.2) is 63.3 Å². The Balaban J connectivity index is 1.39. The molecule has 4 aromatic rings. The predicted molar refractivity (Wildman–Crippen MR) is 118 cm³/mol. The highest BCUT2D eigenvalue weighted by molar-refractivity contribution is 7.98. The quantitative estimate of drug-likeness (QED) is 0.267. The summed E-state index contributed by atoms with van der Waals surface area (Å²) in [5.41, 5.74) is 2.15. The summed E-state index contributed by atoms with van der Waals surface area (Å²) in [6, 6.07) is 15.0. The van der Waals surface area contributed by atoms with Gasteiger partial charge in [-0.05, 0) is 31.2 Å².